The van der Waals surface area contributed by atoms with Crippen molar-refractivity contribution in [2.75, 3.05) is 11.1 Å². The van der Waals surface area contributed by atoms with E-state index in [1.165, 1.54) is 12.1 Å². The van der Waals surface area contributed by atoms with E-state index in [9.17, 15) is 4.39 Å². The standard InChI is InChI=1S/C12H9Cl2FN2/c13-7-3-8(14)5-10(4-7)17-12-2-1-9(15)6-11(12)16/h1-6,17H,16H2. The van der Waals surface area contributed by atoms with Crippen LogP contribution in [0.15, 0.2) is 36.4 Å². The highest BCUT2D eigenvalue weighted by Crippen LogP contribution is 2.28. The van der Waals surface area contributed by atoms with E-state index in [0.717, 1.165) is 0 Å². The molecule has 0 saturated heterocycles. The summed E-state index contributed by atoms with van der Waals surface area (Å²) in [6.07, 6.45) is 0. The Hall–Kier alpha value is -1.45. The van der Waals surface area contributed by atoms with Crippen molar-refractivity contribution in [1.29, 1.82) is 0 Å². The third kappa shape index (κ3) is 3.02. The van der Waals surface area contributed by atoms with Crippen LogP contribution in [0.4, 0.5) is 21.5 Å². The quantitative estimate of drug-likeness (QED) is 0.791. The summed E-state index contributed by atoms with van der Waals surface area (Å²) < 4.78 is 12.9. The summed E-state index contributed by atoms with van der Waals surface area (Å²) >= 11 is 11.7. The number of nitrogens with two attached hydrogens (primary N) is 1. The van der Waals surface area contributed by atoms with Crippen LogP contribution < -0.4 is 11.1 Å². The SMILES string of the molecule is Nc1cc(F)ccc1Nc1cc(Cl)cc(Cl)c1. The Kier molecular flexibility index (Phi) is 3.41. The van der Waals surface area contributed by atoms with Gasteiger partial charge in [-0.25, -0.2) is 4.39 Å². The Bertz CT molecular complexity index is 538. The van der Waals surface area contributed by atoms with Gasteiger partial charge in [-0.05, 0) is 36.4 Å². The molecule has 0 fully saturated rings. The lowest BCUT2D eigenvalue weighted by atomic mass is 10.2. The van der Waals surface area contributed by atoms with Crippen LogP contribution in [0.3, 0.4) is 0 Å². The van der Waals surface area contributed by atoms with Crippen molar-refractivity contribution in [2.24, 2.45) is 0 Å². The van der Waals surface area contributed by atoms with E-state index in [1.807, 2.05) is 0 Å². The molecule has 17 heavy (non-hydrogen) atoms. The Morgan fingerprint density at radius 3 is 2.24 bits per heavy atom. The minimum absolute atomic E-state index is 0.320. The van der Waals surface area contributed by atoms with E-state index in [0.29, 0.717) is 27.1 Å². The fraction of sp³-hybridized carbons (Fsp3) is 0. The first-order chi connectivity index (χ1) is 8.04. The van der Waals surface area contributed by atoms with Crippen LogP contribution in [0.2, 0.25) is 10.0 Å². The molecule has 5 heteroatoms. The molecule has 88 valence electrons. The maximum absolute atomic E-state index is 12.9. The predicted molar refractivity (Wildman–Crippen MR) is 70.6 cm³/mol. The van der Waals surface area contributed by atoms with Gasteiger partial charge < -0.3 is 11.1 Å². The monoisotopic (exact) mass is 270 g/mol. The zero-order chi connectivity index (χ0) is 12.4. The molecule has 0 saturated carbocycles. The van der Waals surface area contributed by atoms with Crippen molar-refractivity contribution in [3.63, 3.8) is 0 Å². The maximum Gasteiger partial charge on any atom is 0.125 e. The molecule has 0 aliphatic heterocycles. The van der Waals surface area contributed by atoms with Crippen LogP contribution in [-0.4, -0.2) is 0 Å². The molecule has 3 N–H and O–H groups in total. The van der Waals surface area contributed by atoms with Gasteiger partial charge >= 0.3 is 0 Å². The van der Waals surface area contributed by atoms with Crippen LogP contribution >= 0.6 is 23.2 Å². The van der Waals surface area contributed by atoms with Crippen LogP contribution in [0.25, 0.3) is 0 Å². The maximum atomic E-state index is 12.9. The van der Waals surface area contributed by atoms with Gasteiger partial charge in [0, 0.05) is 15.7 Å². The van der Waals surface area contributed by atoms with Crippen molar-refractivity contribution in [3.8, 4) is 0 Å². The third-order valence-electron chi connectivity index (χ3n) is 2.16. The van der Waals surface area contributed by atoms with Gasteiger partial charge in [0.25, 0.3) is 0 Å². The highest BCUT2D eigenvalue weighted by Gasteiger charge is 2.03. The van der Waals surface area contributed by atoms with Crippen LogP contribution in [-0.2, 0) is 0 Å². The normalized spacial score (nSPS) is 10.3. The molecule has 2 rings (SSSR count). The topological polar surface area (TPSA) is 38.0 Å². The molecule has 2 nitrogen and oxygen atoms in total. The van der Waals surface area contributed by atoms with Gasteiger partial charge in [-0.1, -0.05) is 23.2 Å². The second-order valence-corrected chi connectivity index (χ2v) is 4.39. The molecular formula is C12H9Cl2FN2. The highest BCUT2D eigenvalue weighted by molar-refractivity contribution is 6.35. The van der Waals surface area contributed by atoms with Crippen molar-refractivity contribution in [3.05, 3.63) is 52.3 Å². The Morgan fingerprint density at radius 1 is 1.00 bits per heavy atom. The van der Waals surface area contributed by atoms with E-state index in [2.05, 4.69) is 5.32 Å². The van der Waals surface area contributed by atoms with Gasteiger partial charge in [0.05, 0.1) is 11.4 Å². The van der Waals surface area contributed by atoms with Gasteiger partial charge in [0.15, 0.2) is 0 Å². The van der Waals surface area contributed by atoms with Crippen LogP contribution in [0.5, 0.6) is 0 Å². The number of rotatable bonds is 2. The Balaban J connectivity index is 2.31. The van der Waals surface area contributed by atoms with Gasteiger partial charge in [0.1, 0.15) is 5.82 Å². The Morgan fingerprint density at radius 2 is 1.65 bits per heavy atom. The summed E-state index contributed by atoms with van der Waals surface area (Å²) in [5.41, 5.74) is 7.29. The van der Waals surface area contributed by atoms with E-state index in [1.54, 1.807) is 24.3 Å². The number of hydrogen-bond acceptors (Lipinski definition) is 2. The molecule has 0 bridgehead atoms. The van der Waals surface area contributed by atoms with Crippen molar-refractivity contribution in [2.45, 2.75) is 0 Å². The molecule has 0 heterocycles. The lowest BCUT2D eigenvalue weighted by molar-refractivity contribution is 0.628. The first-order valence-corrected chi connectivity index (χ1v) is 5.58. The van der Waals surface area contributed by atoms with Crippen LogP contribution in [0, 0.1) is 5.82 Å². The summed E-state index contributed by atoms with van der Waals surface area (Å²) in [6.45, 7) is 0. The summed E-state index contributed by atoms with van der Waals surface area (Å²) in [7, 11) is 0. The summed E-state index contributed by atoms with van der Waals surface area (Å²) in [4.78, 5) is 0. The van der Waals surface area contributed by atoms with Gasteiger partial charge in [-0.2, -0.15) is 0 Å². The lowest BCUT2D eigenvalue weighted by Crippen LogP contribution is -1.96. The molecule has 0 atom stereocenters. The number of halogens is 3. The van der Waals surface area contributed by atoms with Crippen molar-refractivity contribution >= 4 is 40.3 Å². The molecule has 0 aliphatic rings. The smallest absolute Gasteiger partial charge is 0.125 e. The molecule has 2 aromatic carbocycles. The first-order valence-electron chi connectivity index (χ1n) is 4.83. The highest BCUT2D eigenvalue weighted by atomic mass is 35.5. The van der Waals surface area contributed by atoms with E-state index in [4.69, 9.17) is 28.9 Å². The molecule has 0 spiro atoms. The molecule has 0 aromatic heterocycles. The molecule has 0 unspecified atom stereocenters. The molecule has 2 aromatic rings. The summed E-state index contributed by atoms with van der Waals surface area (Å²) in [6, 6.07) is 9.16. The van der Waals surface area contributed by atoms with Gasteiger partial charge in [-0.3, -0.25) is 0 Å². The molecule has 0 amide bonds. The summed E-state index contributed by atoms with van der Waals surface area (Å²) in [5, 5.41) is 4.05. The number of anilines is 3. The second kappa shape index (κ2) is 4.82. The molecule has 0 radical (unpaired) electrons. The zero-order valence-corrected chi connectivity index (χ0v) is 10.2. The number of hydrogen-bond donors (Lipinski definition) is 2. The van der Waals surface area contributed by atoms with E-state index < -0.39 is 0 Å². The fourth-order valence-electron chi connectivity index (χ4n) is 1.43. The van der Waals surface area contributed by atoms with E-state index >= 15 is 0 Å². The average Bonchev–Trinajstić information content (AvgIpc) is 2.21. The second-order valence-electron chi connectivity index (χ2n) is 3.51. The predicted octanol–water partition coefficient (Wildman–Crippen LogP) is 4.46. The van der Waals surface area contributed by atoms with E-state index in [-0.39, 0.29) is 5.82 Å². The van der Waals surface area contributed by atoms with Gasteiger partial charge in [-0.15, -0.1) is 0 Å². The molecular weight excluding hydrogens is 262 g/mol. The van der Waals surface area contributed by atoms with Crippen LogP contribution in [0.1, 0.15) is 0 Å². The van der Waals surface area contributed by atoms with Crippen molar-refractivity contribution in [1.82, 2.24) is 0 Å². The number of nitrogens with one attached hydrogen (secondary N) is 1. The fourth-order valence-corrected chi connectivity index (χ4v) is 1.95. The number of benzene rings is 2. The van der Waals surface area contributed by atoms with Gasteiger partial charge in [0.2, 0.25) is 0 Å². The first kappa shape index (κ1) is 12.0. The van der Waals surface area contributed by atoms with Crippen molar-refractivity contribution < 1.29 is 4.39 Å². The minimum Gasteiger partial charge on any atom is -0.397 e. The zero-order valence-electron chi connectivity index (χ0n) is 8.68. The Labute approximate surface area is 108 Å². The minimum atomic E-state index is -0.378. The largest absolute Gasteiger partial charge is 0.397 e. The third-order valence-corrected chi connectivity index (χ3v) is 2.59. The lowest BCUT2D eigenvalue weighted by Gasteiger charge is -2.10. The number of nitrogen functional groups attached to an aromatic ring is 1. The summed E-state index contributed by atoms with van der Waals surface area (Å²) in [5.74, 6) is -0.378. The average molecular weight is 271 g/mol. The molecule has 0 aliphatic carbocycles.